The standard InChI is InChI=1S/C28H42S3/c1-2-3-4-5-6-7-8-9-10-11-12-13-14-15-20-28(26-19-17-23-30-26)21-24-31-27(28)25-18-16-22-29-25/h16-19,21,23-24H,2-15,20,22H2,1H3. The van der Waals surface area contributed by atoms with Crippen LogP contribution in [0.2, 0.25) is 0 Å². The molecular weight excluding hydrogens is 433 g/mol. The van der Waals surface area contributed by atoms with Crippen molar-refractivity contribution in [3.8, 4) is 0 Å². The smallest absolute Gasteiger partial charge is 0.0557 e. The molecule has 0 fully saturated rings. The molecule has 0 aliphatic carbocycles. The van der Waals surface area contributed by atoms with Crippen molar-refractivity contribution in [2.45, 2.75) is 109 Å². The minimum atomic E-state index is 0.146. The summed E-state index contributed by atoms with van der Waals surface area (Å²) in [5, 5.41) is 4.59. The van der Waals surface area contributed by atoms with Crippen LogP contribution in [-0.2, 0) is 5.41 Å². The molecule has 31 heavy (non-hydrogen) atoms. The van der Waals surface area contributed by atoms with E-state index in [1.165, 1.54) is 106 Å². The highest BCUT2D eigenvalue weighted by molar-refractivity contribution is 8.08. The van der Waals surface area contributed by atoms with Crippen molar-refractivity contribution in [2.24, 2.45) is 0 Å². The second-order valence-corrected chi connectivity index (χ2v) is 12.0. The van der Waals surface area contributed by atoms with Crippen molar-refractivity contribution in [1.29, 1.82) is 0 Å². The van der Waals surface area contributed by atoms with Crippen LogP contribution < -0.4 is 0 Å². The SMILES string of the molecule is CCCCCCCCCCCCCCCCC1(c2cccs2)C=CSC1=C1C=CCS1. The van der Waals surface area contributed by atoms with Gasteiger partial charge < -0.3 is 0 Å². The minimum Gasteiger partial charge on any atom is -0.148 e. The van der Waals surface area contributed by atoms with E-state index in [2.05, 4.69) is 48.1 Å². The number of hydrogen-bond donors (Lipinski definition) is 0. The molecular formula is C28H42S3. The molecule has 0 amide bonds. The van der Waals surface area contributed by atoms with Crippen LogP contribution in [0, 0.1) is 0 Å². The van der Waals surface area contributed by atoms with E-state index in [0.29, 0.717) is 0 Å². The highest BCUT2D eigenvalue weighted by atomic mass is 32.2. The largest absolute Gasteiger partial charge is 0.148 e. The van der Waals surface area contributed by atoms with Gasteiger partial charge in [-0.25, -0.2) is 0 Å². The summed E-state index contributed by atoms with van der Waals surface area (Å²) in [7, 11) is 0. The number of thiophene rings is 1. The van der Waals surface area contributed by atoms with Crippen molar-refractivity contribution in [3.05, 3.63) is 55.8 Å². The molecule has 0 bridgehead atoms. The summed E-state index contributed by atoms with van der Waals surface area (Å²) in [6.45, 7) is 2.30. The van der Waals surface area contributed by atoms with Crippen LogP contribution in [0.4, 0.5) is 0 Å². The quantitative estimate of drug-likeness (QED) is 0.218. The fourth-order valence-corrected chi connectivity index (χ4v) is 8.12. The maximum atomic E-state index is 2.50. The molecule has 0 spiro atoms. The first-order valence-electron chi connectivity index (χ1n) is 12.8. The molecule has 172 valence electrons. The Kier molecular flexibility index (Phi) is 12.0. The monoisotopic (exact) mass is 474 g/mol. The van der Waals surface area contributed by atoms with E-state index in [-0.39, 0.29) is 5.41 Å². The van der Waals surface area contributed by atoms with Crippen molar-refractivity contribution >= 4 is 34.9 Å². The van der Waals surface area contributed by atoms with E-state index in [0.717, 1.165) is 5.75 Å². The zero-order valence-corrected chi connectivity index (χ0v) is 22.0. The van der Waals surface area contributed by atoms with Gasteiger partial charge in [0.1, 0.15) is 0 Å². The van der Waals surface area contributed by atoms with Crippen LogP contribution in [0.1, 0.15) is 108 Å². The third kappa shape index (κ3) is 7.86. The zero-order valence-electron chi connectivity index (χ0n) is 19.6. The zero-order chi connectivity index (χ0) is 21.6. The molecule has 1 aromatic heterocycles. The first kappa shape index (κ1) is 25.2. The molecule has 2 aliphatic heterocycles. The number of unbranched alkanes of at least 4 members (excludes halogenated alkanes) is 13. The molecule has 3 heteroatoms. The lowest BCUT2D eigenvalue weighted by Gasteiger charge is -2.29. The summed E-state index contributed by atoms with van der Waals surface area (Å²) < 4.78 is 0. The van der Waals surface area contributed by atoms with Crippen LogP contribution in [-0.4, -0.2) is 5.75 Å². The maximum Gasteiger partial charge on any atom is 0.0557 e. The minimum absolute atomic E-state index is 0.146. The number of thioether (sulfide) groups is 2. The van der Waals surface area contributed by atoms with Crippen LogP contribution >= 0.6 is 34.9 Å². The topological polar surface area (TPSA) is 0 Å². The lowest BCUT2D eigenvalue weighted by Crippen LogP contribution is -2.22. The summed E-state index contributed by atoms with van der Waals surface area (Å²) in [4.78, 5) is 4.63. The summed E-state index contributed by atoms with van der Waals surface area (Å²) in [6.07, 6.45) is 28.4. The Morgan fingerprint density at radius 2 is 1.48 bits per heavy atom. The summed E-state index contributed by atoms with van der Waals surface area (Å²) in [5.41, 5.74) is 0.146. The Labute approximate surface area is 204 Å². The van der Waals surface area contributed by atoms with E-state index in [1.807, 2.05) is 34.9 Å². The molecule has 0 saturated heterocycles. The first-order chi connectivity index (χ1) is 15.4. The van der Waals surface area contributed by atoms with Crippen molar-refractivity contribution in [2.75, 3.05) is 5.75 Å². The van der Waals surface area contributed by atoms with Crippen LogP contribution in [0.5, 0.6) is 0 Å². The second-order valence-electron chi connectivity index (χ2n) is 9.12. The van der Waals surface area contributed by atoms with Gasteiger partial charge in [-0.15, -0.1) is 34.9 Å². The molecule has 1 unspecified atom stereocenters. The van der Waals surface area contributed by atoms with E-state index in [1.54, 1.807) is 4.91 Å². The molecule has 0 nitrogen and oxygen atoms in total. The van der Waals surface area contributed by atoms with Gasteiger partial charge in [0.05, 0.1) is 5.41 Å². The highest BCUT2D eigenvalue weighted by Crippen LogP contribution is 2.54. The average molecular weight is 475 g/mol. The van der Waals surface area contributed by atoms with Gasteiger partial charge in [-0.3, -0.25) is 0 Å². The predicted molar refractivity (Wildman–Crippen MR) is 146 cm³/mol. The number of rotatable bonds is 16. The second kappa shape index (κ2) is 14.7. The Bertz CT molecular complexity index is 698. The molecule has 1 aromatic rings. The molecule has 0 radical (unpaired) electrons. The summed E-state index contributed by atoms with van der Waals surface area (Å²) >= 11 is 5.92. The Balaban J connectivity index is 1.32. The van der Waals surface area contributed by atoms with Crippen molar-refractivity contribution in [3.63, 3.8) is 0 Å². The average Bonchev–Trinajstić information content (AvgIpc) is 3.55. The lowest BCUT2D eigenvalue weighted by atomic mass is 9.80. The van der Waals surface area contributed by atoms with Crippen LogP contribution in [0.3, 0.4) is 0 Å². The normalized spacial score (nSPS) is 22.7. The van der Waals surface area contributed by atoms with Crippen LogP contribution in [0.15, 0.2) is 51.0 Å². The molecule has 0 saturated carbocycles. The predicted octanol–water partition coefficient (Wildman–Crippen LogP) is 10.6. The maximum absolute atomic E-state index is 2.50. The summed E-state index contributed by atoms with van der Waals surface area (Å²) in [5.74, 6) is 1.14. The Hall–Kier alpha value is -0.380. The number of allylic oxidation sites excluding steroid dienone is 3. The Morgan fingerprint density at radius 3 is 2.03 bits per heavy atom. The van der Waals surface area contributed by atoms with Gasteiger partial charge in [0.25, 0.3) is 0 Å². The lowest BCUT2D eigenvalue weighted by molar-refractivity contribution is 0.509. The van der Waals surface area contributed by atoms with E-state index >= 15 is 0 Å². The van der Waals surface area contributed by atoms with Gasteiger partial charge in [-0.2, -0.15) is 0 Å². The van der Waals surface area contributed by atoms with Crippen molar-refractivity contribution < 1.29 is 0 Å². The third-order valence-corrected chi connectivity index (χ3v) is 9.94. The van der Waals surface area contributed by atoms with Crippen molar-refractivity contribution in [1.82, 2.24) is 0 Å². The molecule has 0 aromatic carbocycles. The van der Waals surface area contributed by atoms with Gasteiger partial charge in [-0.05, 0) is 23.3 Å². The van der Waals surface area contributed by atoms with Gasteiger partial charge >= 0.3 is 0 Å². The van der Waals surface area contributed by atoms with Gasteiger partial charge in [-0.1, -0.05) is 121 Å². The van der Waals surface area contributed by atoms with E-state index < -0.39 is 0 Å². The Morgan fingerprint density at radius 1 is 0.839 bits per heavy atom. The van der Waals surface area contributed by atoms with Gasteiger partial charge in [0.2, 0.25) is 0 Å². The van der Waals surface area contributed by atoms with Crippen LogP contribution in [0.25, 0.3) is 0 Å². The van der Waals surface area contributed by atoms with Gasteiger partial charge in [0.15, 0.2) is 0 Å². The summed E-state index contributed by atoms with van der Waals surface area (Å²) in [6, 6.07) is 4.58. The fraction of sp³-hybridized carbons (Fsp3) is 0.643. The molecule has 3 rings (SSSR count). The van der Waals surface area contributed by atoms with Gasteiger partial charge in [0, 0.05) is 20.4 Å². The molecule has 3 heterocycles. The first-order valence-corrected chi connectivity index (χ1v) is 15.5. The van der Waals surface area contributed by atoms with E-state index in [4.69, 9.17) is 0 Å². The molecule has 1 atom stereocenters. The molecule has 0 N–H and O–H groups in total. The third-order valence-electron chi connectivity index (χ3n) is 6.66. The fourth-order valence-electron chi connectivity index (χ4n) is 4.80. The molecule has 2 aliphatic rings. The highest BCUT2D eigenvalue weighted by Gasteiger charge is 2.39. The van der Waals surface area contributed by atoms with E-state index in [9.17, 15) is 0 Å². The number of hydrogen-bond acceptors (Lipinski definition) is 3.